The van der Waals surface area contributed by atoms with Crippen molar-refractivity contribution in [3.63, 3.8) is 0 Å². The molecule has 0 atom stereocenters. The van der Waals surface area contributed by atoms with Crippen molar-refractivity contribution in [2.75, 3.05) is 18.5 Å². The van der Waals surface area contributed by atoms with E-state index < -0.39 is 18.4 Å². The Morgan fingerprint density at radius 2 is 1.44 bits per heavy atom. The molecule has 0 aliphatic heterocycles. The predicted molar refractivity (Wildman–Crippen MR) is 78.9 cm³/mol. The fourth-order valence-corrected chi connectivity index (χ4v) is 1.54. The molecule has 1 rings (SSSR count). The molecule has 1 amide bonds. The second-order valence-corrected chi connectivity index (χ2v) is 3.78. The van der Waals surface area contributed by atoms with Crippen LogP contribution in [0.5, 0.6) is 0 Å². The van der Waals surface area contributed by atoms with Crippen LogP contribution in [0.3, 0.4) is 0 Å². The van der Waals surface area contributed by atoms with Crippen LogP contribution in [-0.4, -0.2) is 25.3 Å². The van der Waals surface area contributed by atoms with E-state index in [2.05, 4.69) is 20.0 Å². The standard InChI is InChI=1S/C13H16F3NO3.3CO.Cr/c1-3-19-11(20-4-2)9-7-5-6-8-10(9)17-12(18)13(14,15)16;3*1-2;/h5-8,11H,3-4H2,1-2H3,(H,17,18);;;;. The van der Waals surface area contributed by atoms with Gasteiger partial charge in [-0.2, -0.15) is 13.2 Å². The van der Waals surface area contributed by atoms with E-state index in [9.17, 15) is 18.0 Å². The summed E-state index contributed by atoms with van der Waals surface area (Å²) in [5.74, 6) is -2.03. The van der Waals surface area contributed by atoms with Crippen LogP contribution in [0.1, 0.15) is 25.7 Å². The first-order chi connectivity index (χ1) is 12.4. The van der Waals surface area contributed by atoms with Crippen LogP contribution in [0.15, 0.2) is 24.3 Å². The number of nitrogens with one attached hydrogen (secondary N) is 1. The third kappa shape index (κ3) is 13.9. The van der Waals surface area contributed by atoms with Crippen molar-refractivity contribution < 1.29 is 58.8 Å². The van der Waals surface area contributed by atoms with Gasteiger partial charge in [0.15, 0.2) is 6.29 Å². The van der Waals surface area contributed by atoms with Gasteiger partial charge in [0.2, 0.25) is 0 Å². The average molecular weight is 427 g/mol. The first-order valence-electron chi connectivity index (χ1n) is 6.71. The Labute approximate surface area is 165 Å². The Balaban J connectivity index is -0.000000342. The van der Waals surface area contributed by atoms with Gasteiger partial charge in [-0.15, -0.1) is 0 Å². The predicted octanol–water partition coefficient (Wildman–Crippen LogP) is 3.14. The first-order valence-corrected chi connectivity index (χ1v) is 6.71. The number of rotatable bonds is 6. The van der Waals surface area contributed by atoms with Gasteiger partial charge in [-0.25, -0.2) is 0 Å². The molecular weight excluding hydrogens is 411 g/mol. The minimum atomic E-state index is -4.94. The summed E-state index contributed by atoms with van der Waals surface area (Å²) in [7, 11) is 0. The molecule has 27 heavy (non-hydrogen) atoms. The molecule has 0 saturated heterocycles. The number of hydrogen-bond donors (Lipinski definition) is 1. The topological polar surface area (TPSA) is 107 Å². The van der Waals surface area contributed by atoms with E-state index in [1.54, 1.807) is 26.0 Å². The largest absolute Gasteiger partial charge is 0 e. The second-order valence-electron chi connectivity index (χ2n) is 3.78. The van der Waals surface area contributed by atoms with Crippen LogP contribution < -0.4 is 5.32 Å². The van der Waals surface area contributed by atoms with Crippen LogP contribution in [0.25, 0.3) is 0 Å². The van der Waals surface area contributed by atoms with Crippen LogP contribution in [-0.2, 0) is 45.6 Å². The monoisotopic (exact) mass is 427 g/mol. The molecule has 0 radical (unpaired) electrons. The van der Waals surface area contributed by atoms with Gasteiger partial charge in [0, 0.05) is 41.8 Å². The maximum absolute atomic E-state index is 12.3. The quantitative estimate of drug-likeness (QED) is 0.428. The number of anilines is 1. The molecule has 11 heteroatoms. The third-order valence-corrected chi connectivity index (χ3v) is 2.36. The molecule has 1 N–H and O–H groups in total. The molecule has 0 bridgehead atoms. The third-order valence-electron chi connectivity index (χ3n) is 2.36. The van der Waals surface area contributed by atoms with Gasteiger partial charge in [-0.3, -0.25) is 4.79 Å². The number of carbonyl (C=O) groups excluding carboxylic acids is 1. The maximum atomic E-state index is 12.3. The van der Waals surface area contributed by atoms with Crippen LogP contribution in [0.2, 0.25) is 0 Å². The summed E-state index contributed by atoms with van der Waals surface area (Å²) < 4.78 is 70.0. The number of carbonyl (C=O) groups is 1. The Morgan fingerprint density at radius 1 is 1.04 bits per heavy atom. The summed E-state index contributed by atoms with van der Waals surface area (Å²) in [6, 6.07) is 6.06. The van der Waals surface area contributed by atoms with E-state index in [-0.39, 0.29) is 23.0 Å². The Hall–Kier alpha value is -1.85. The summed E-state index contributed by atoms with van der Waals surface area (Å²) >= 11 is 0. The summed E-state index contributed by atoms with van der Waals surface area (Å²) in [4.78, 5) is 11.0. The van der Waals surface area contributed by atoms with Crippen molar-refractivity contribution in [3.05, 3.63) is 49.8 Å². The fourth-order valence-electron chi connectivity index (χ4n) is 1.54. The van der Waals surface area contributed by atoms with E-state index in [1.165, 1.54) is 12.1 Å². The van der Waals surface area contributed by atoms with Crippen molar-refractivity contribution in [3.8, 4) is 0 Å². The van der Waals surface area contributed by atoms with Crippen LogP contribution in [0, 0.1) is 20.0 Å². The summed E-state index contributed by atoms with van der Waals surface area (Å²) in [6.45, 7) is 17.6. The molecule has 0 unspecified atom stereocenters. The Morgan fingerprint density at radius 3 is 1.81 bits per heavy atom. The Bertz CT molecular complexity index is 555. The molecule has 0 aliphatic carbocycles. The van der Waals surface area contributed by atoms with E-state index >= 15 is 0 Å². The zero-order valence-corrected chi connectivity index (χ0v) is 15.6. The number of para-hydroxylation sites is 1. The van der Waals surface area contributed by atoms with Crippen molar-refractivity contribution >= 4 is 11.6 Å². The van der Waals surface area contributed by atoms with Crippen molar-refractivity contribution in [2.24, 2.45) is 0 Å². The van der Waals surface area contributed by atoms with Gasteiger partial charge in [-0.05, 0) is 19.9 Å². The van der Waals surface area contributed by atoms with Gasteiger partial charge in [0.25, 0.3) is 0 Å². The molecular formula is C16H16CrF3NO6. The number of ether oxygens (including phenoxy) is 2. The number of halogens is 3. The van der Waals surface area contributed by atoms with Crippen molar-refractivity contribution in [2.45, 2.75) is 26.3 Å². The first kappa shape index (κ1) is 32.8. The second kappa shape index (κ2) is 20.5. The van der Waals surface area contributed by atoms with E-state index in [1.807, 2.05) is 5.32 Å². The van der Waals surface area contributed by atoms with Crippen LogP contribution in [0.4, 0.5) is 18.9 Å². The molecule has 0 spiro atoms. The Kier molecular flexibility index (Phi) is 24.9. The maximum Gasteiger partial charge on any atom is 0 e. The van der Waals surface area contributed by atoms with E-state index in [0.717, 1.165) is 0 Å². The summed E-state index contributed by atoms with van der Waals surface area (Å²) in [6.07, 6.45) is -5.77. The number of benzene rings is 1. The zero-order chi connectivity index (χ0) is 21.2. The van der Waals surface area contributed by atoms with E-state index in [4.69, 9.17) is 23.4 Å². The van der Waals surface area contributed by atoms with Crippen LogP contribution >= 0.6 is 0 Å². The number of amides is 1. The molecule has 1 aromatic rings. The van der Waals surface area contributed by atoms with Gasteiger partial charge in [-0.1, -0.05) is 18.2 Å². The normalized spacial score (nSPS) is 8.89. The molecule has 0 saturated carbocycles. The van der Waals surface area contributed by atoms with Gasteiger partial charge < -0.3 is 14.8 Å². The molecule has 0 fully saturated rings. The minimum Gasteiger partial charge on any atom is 0 e. The number of alkyl halides is 3. The molecule has 148 valence electrons. The molecule has 7 nitrogen and oxygen atoms in total. The van der Waals surface area contributed by atoms with E-state index in [0.29, 0.717) is 18.8 Å². The summed E-state index contributed by atoms with van der Waals surface area (Å²) in [5, 5.41) is 1.82. The summed E-state index contributed by atoms with van der Waals surface area (Å²) in [5.41, 5.74) is 0.357. The smallest absolute Gasteiger partial charge is 0 e. The van der Waals surface area contributed by atoms with Crippen molar-refractivity contribution in [1.29, 1.82) is 0 Å². The SMILES string of the molecule is CCOC(OCC)c1ccccc1NC(=O)C(F)(F)F.[C-]#[O+].[C-]#[O+].[C-]#[O+].[Cr]. The van der Waals surface area contributed by atoms with Gasteiger partial charge in [0.1, 0.15) is 0 Å². The zero-order valence-electron chi connectivity index (χ0n) is 14.3. The molecule has 0 aliphatic rings. The fraction of sp³-hybridized carbons (Fsp3) is 0.375. The molecule has 0 heterocycles. The van der Waals surface area contributed by atoms with Gasteiger partial charge >= 0.3 is 46.0 Å². The van der Waals surface area contributed by atoms with Gasteiger partial charge in [0.05, 0.1) is 0 Å². The average Bonchev–Trinajstić information content (AvgIpc) is 2.66. The molecule has 1 aromatic carbocycles. The molecule has 0 aromatic heterocycles. The minimum absolute atomic E-state index is 0. The number of hydrogen-bond acceptors (Lipinski definition) is 3. The van der Waals surface area contributed by atoms with Crippen molar-refractivity contribution in [1.82, 2.24) is 0 Å².